The summed E-state index contributed by atoms with van der Waals surface area (Å²) in [6.45, 7) is 12.7. The van der Waals surface area contributed by atoms with E-state index in [1.54, 1.807) is 30.6 Å². The molecule has 0 radical (unpaired) electrons. The number of ether oxygens (including phenoxy) is 2. The van der Waals surface area contributed by atoms with E-state index in [0.29, 0.717) is 39.0 Å². The third kappa shape index (κ3) is 11.6. The van der Waals surface area contributed by atoms with E-state index in [2.05, 4.69) is 0 Å². The molecular formula is C23H41N3O8. The van der Waals surface area contributed by atoms with Crippen molar-refractivity contribution in [3.05, 3.63) is 10.1 Å². The van der Waals surface area contributed by atoms with Crippen molar-refractivity contribution >= 4 is 18.5 Å². The summed E-state index contributed by atoms with van der Waals surface area (Å²) in [4.78, 5) is 47.0. The van der Waals surface area contributed by atoms with Gasteiger partial charge in [-0.05, 0) is 73.1 Å². The lowest BCUT2D eigenvalue weighted by molar-refractivity contribution is -0.492. The van der Waals surface area contributed by atoms with Crippen molar-refractivity contribution in [1.29, 1.82) is 0 Å². The molecule has 0 spiro atoms. The standard InChI is InChI=1S/C12H22N2O5.C11H19NO3/c1-12(2,3)19-11(16)13-6-4-9(5-7-13)10(15)8-14(17)18;1-11(2,3)15-10(14)12-6-4-9(8-13)5-7-12/h9-10,15H,4-8H2,1-3H3;8-9H,4-7H2,1-3H3. The van der Waals surface area contributed by atoms with Gasteiger partial charge in [-0.2, -0.15) is 0 Å². The Kier molecular flexibility index (Phi) is 11.2. The second-order valence-corrected chi connectivity index (χ2v) is 10.8. The van der Waals surface area contributed by atoms with Gasteiger partial charge in [0.05, 0.1) is 0 Å². The minimum atomic E-state index is -0.934. The molecule has 1 atom stereocenters. The van der Waals surface area contributed by atoms with Gasteiger partial charge in [0.2, 0.25) is 6.54 Å². The van der Waals surface area contributed by atoms with Crippen molar-refractivity contribution in [3.8, 4) is 0 Å². The zero-order chi connectivity index (χ0) is 26.1. The molecule has 34 heavy (non-hydrogen) atoms. The average molecular weight is 488 g/mol. The Morgan fingerprint density at radius 1 is 0.941 bits per heavy atom. The van der Waals surface area contributed by atoms with Crippen LogP contribution in [0.4, 0.5) is 9.59 Å². The number of hydrogen-bond donors (Lipinski definition) is 1. The number of aliphatic hydroxyl groups excluding tert-OH is 1. The molecule has 1 N–H and O–H groups in total. The summed E-state index contributed by atoms with van der Waals surface area (Å²) in [5.41, 5.74) is -0.975. The molecule has 196 valence electrons. The third-order valence-corrected chi connectivity index (χ3v) is 5.46. The predicted octanol–water partition coefficient (Wildman–Crippen LogP) is 3.10. The Labute approximate surface area is 201 Å². The largest absolute Gasteiger partial charge is 0.444 e. The van der Waals surface area contributed by atoms with Gasteiger partial charge in [0.1, 0.15) is 23.6 Å². The number of likely N-dealkylation sites (tertiary alicyclic amines) is 2. The average Bonchev–Trinajstić information content (AvgIpc) is 2.71. The smallest absolute Gasteiger partial charge is 0.410 e. The minimum Gasteiger partial charge on any atom is -0.444 e. The zero-order valence-corrected chi connectivity index (χ0v) is 21.3. The number of hydrogen-bond acceptors (Lipinski definition) is 8. The molecule has 2 rings (SSSR count). The molecule has 11 nitrogen and oxygen atoms in total. The van der Waals surface area contributed by atoms with E-state index in [1.165, 1.54) is 0 Å². The molecule has 2 aliphatic rings. The number of piperidine rings is 2. The van der Waals surface area contributed by atoms with Crippen LogP contribution in [-0.4, -0.2) is 88.3 Å². The highest BCUT2D eigenvalue weighted by Gasteiger charge is 2.31. The molecule has 0 bridgehead atoms. The van der Waals surface area contributed by atoms with Crippen molar-refractivity contribution in [1.82, 2.24) is 9.80 Å². The van der Waals surface area contributed by atoms with Crippen LogP contribution in [0.3, 0.4) is 0 Å². The molecule has 0 aromatic rings. The molecule has 1 unspecified atom stereocenters. The normalized spacial score (nSPS) is 18.9. The SMILES string of the molecule is CC(C)(C)OC(=O)N1CCC(C(O)C[N+](=O)[O-])CC1.CC(C)(C)OC(=O)N1CCC(C=O)CC1. The summed E-state index contributed by atoms with van der Waals surface area (Å²) in [7, 11) is 0. The zero-order valence-electron chi connectivity index (χ0n) is 21.3. The van der Waals surface area contributed by atoms with E-state index in [4.69, 9.17) is 9.47 Å². The monoisotopic (exact) mass is 487 g/mol. The fourth-order valence-electron chi connectivity index (χ4n) is 3.64. The van der Waals surface area contributed by atoms with Crippen LogP contribution in [0.2, 0.25) is 0 Å². The highest BCUT2D eigenvalue weighted by atomic mass is 16.6. The van der Waals surface area contributed by atoms with Gasteiger partial charge in [0.15, 0.2) is 0 Å². The number of nitrogens with zero attached hydrogens (tertiary/aromatic N) is 3. The number of carbonyl (C=O) groups excluding carboxylic acids is 3. The van der Waals surface area contributed by atoms with E-state index in [9.17, 15) is 29.6 Å². The van der Waals surface area contributed by atoms with Crippen LogP contribution in [0.25, 0.3) is 0 Å². The summed E-state index contributed by atoms with van der Waals surface area (Å²) >= 11 is 0. The van der Waals surface area contributed by atoms with E-state index in [-0.39, 0.29) is 24.0 Å². The van der Waals surface area contributed by atoms with Gasteiger partial charge in [-0.15, -0.1) is 0 Å². The van der Waals surface area contributed by atoms with Crippen LogP contribution in [0.1, 0.15) is 67.2 Å². The first-order valence-electron chi connectivity index (χ1n) is 11.8. The molecular weight excluding hydrogens is 446 g/mol. The van der Waals surface area contributed by atoms with Crippen molar-refractivity contribution < 1.29 is 33.9 Å². The van der Waals surface area contributed by atoms with E-state index >= 15 is 0 Å². The highest BCUT2D eigenvalue weighted by molar-refractivity contribution is 5.69. The van der Waals surface area contributed by atoms with Crippen LogP contribution < -0.4 is 0 Å². The van der Waals surface area contributed by atoms with E-state index in [1.807, 2.05) is 20.8 Å². The third-order valence-electron chi connectivity index (χ3n) is 5.46. The van der Waals surface area contributed by atoms with Crippen LogP contribution >= 0.6 is 0 Å². The molecule has 11 heteroatoms. The molecule has 0 aliphatic carbocycles. The first kappa shape index (κ1) is 29.6. The maximum Gasteiger partial charge on any atom is 0.410 e. The number of rotatable bonds is 4. The molecule has 0 aromatic carbocycles. The fraction of sp³-hybridized carbons (Fsp3) is 0.870. The lowest BCUT2D eigenvalue weighted by Gasteiger charge is -2.34. The maximum absolute atomic E-state index is 11.8. The Balaban J connectivity index is 0.000000350. The summed E-state index contributed by atoms with van der Waals surface area (Å²) in [6.07, 6.45) is 2.04. The second kappa shape index (κ2) is 12.9. The van der Waals surface area contributed by atoms with Gasteiger partial charge in [0, 0.05) is 37.0 Å². The van der Waals surface area contributed by atoms with Crippen molar-refractivity contribution in [2.75, 3.05) is 32.7 Å². The molecule has 2 saturated heterocycles. The van der Waals surface area contributed by atoms with Crippen LogP contribution in [-0.2, 0) is 14.3 Å². The molecule has 2 fully saturated rings. The Morgan fingerprint density at radius 3 is 1.65 bits per heavy atom. The molecule has 2 heterocycles. The van der Waals surface area contributed by atoms with E-state index < -0.39 is 28.8 Å². The lowest BCUT2D eigenvalue weighted by atomic mass is 9.91. The van der Waals surface area contributed by atoms with Gasteiger partial charge in [0.25, 0.3) is 0 Å². The Hall–Kier alpha value is -2.43. The van der Waals surface area contributed by atoms with Crippen molar-refractivity contribution in [2.24, 2.45) is 11.8 Å². The minimum absolute atomic E-state index is 0.115. The summed E-state index contributed by atoms with van der Waals surface area (Å²) in [5, 5.41) is 20.0. The lowest BCUT2D eigenvalue weighted by Crippen LogP contribution is -2.44. The topological polar surface area (TPSA) is 140 Å². The van der Waals surface area contributed by atoms with Gasteiger partial charge in [-0.3, -0.25) is 10.1 Å². The number of aldehydes is 1. The molecule has 0 aromatic heterocycles. The molecule has 2 aliphatic heterocycles. The molecule has 2 amide bonds. The first-order valence-corrected chi connectivity index (χ1v) is 11.8. The summed E-state index contributed by atoms with van der Waals surface area (Å²) in [5.74, 6) is -0.00669. The number of nitro groups is 1. The Morgan fingerprint density at radius 2 is 1.32 bits per heavy atom. The van der Waals surface area contributed by atoms with Crippen LogP contribution in [0, 0.1) is 22.0 Å². The van der Waals surface area contributed by atoms with Crippen molar-refractivity contribution in [3.63, 3.8) is 0 Å². The first-order chi connectivity index (χ1) is 15.6. The van der Waals surface area contributed by atoms with E-state index in [0.717, 1.165) is 19.1 Å². The Bertz CT molecular complexity index is 685. The van der Waals surface area contributed by atoms with Crippen LogP contribution in [0.15, 0.2) is 0 Å². The quantitative estimate of drug-likeness (QED) is 0.362. The summed E-state index contributed by atoms with van der Waals surface area (Å²) in [6, 6.07) is 0. The highest BCUT2D eigenvalue weighted by Crippen LogP contribution is 2.22. The van der Waals surface area contributed by atoms with Gasteiger partial charge in [-0.1, -0.05) is 0 Å². The number of carbonyl (C=O) groups is 3. The van der Waals surface area contributed by atoms with Gasteiger partial charge < -0.3 is 29.2 Å². The van der Waals surface area contributed by atoms with Gasteiger partial charge >= 0.3 is 12.2 Å². The maximum atomic E-state index is 11.8. The number of amides is 2. The molecule has 0 saturated carbocycles. The van der Waals surface area contributed by atoms with Crippen LogP contribution in [0.5, 0.6) is 0 Å². The number of aliphatic hydroxyl groups is 1. The fourth-order valence-corrected chi connectivity index (χ4v) is 3.64. The van der Waals surface area contributed by atoms with Gasteiger partial charge in [-0.25, -0.2) is 9.59 Å². The predicted molar refractivity (Wildman–Crippen MR) is 125 cm³/mol. The van der Waals surface area contributed by atoms with Crippen molar-refractivity contribution in [2.45, 2.75) is 84.5 Å². The summed E-state index contributed by atoms with van der Waals surface area (Å²) < 4.78 is 10.5. The second-order valence-electron chi connectivity index (χ2n) is 10.8.